The molecule has 1 saturated heterocycles. The predicted molar refractivity (Wildman–Crippen MR) is 104 cm³/mol. The highest BCUT2D eigenvalue weighted by atomic mass is 32.2. The van der Waals surface area contributed by atoms with Gasteiger partial charge in [0.1, 0.15) is 0 Å². The Kier molecular flexibility index (Phi) is 6.38. The predicted octanol–water partition coefficient (Wildman–Crippen LogP) is 4.06. The van der Waals surface area contributed by atoms with Crippen LogP contribution in [0.3, 0.4) is 0 Å². The average Bonchev–Trinajstić information content (AvgIpc) is 3.18. The lowest BCUT2D eigenvalue weighted by Crippen LogP contribution is -2.37. The van der Waals surface area contributed by atoms with Gasteiger partial charge in [0.15, 0.2) is 9.84 Å². The van der Waals surface area contributed by atoms with Crippen LogP contribution in [0.5, 0.6) is 0 Å². The minimum Gasteiger partial charge on any atom is -0.341 e. The van der Waals surface area contributed by atoms with E-state index in [9.17, 15) is 13.2 Å². The Balaban J connectivity index is 1.55. The third kappa shape index (κ3) is 4.30. The van der Waals surface area contributed by atoms with Crippen LogP contribution >= 0.6 is 0 Å². The van der Waals surface area contributed by atoms with E-state index < -0.39 is 15.1 Å². The van der Waals surface area contributed by atoms with Crippen LogP contribution in [0.15, 0.2) is 35.2 Å². The van der Waals surface area contributed by atoms with Crippen molar-refractivity contribution in [3.05, 3.63) is 30.3 Å². The van der Waals surface area contributed by atoms with Gasteiger partial charge >= 0.3 is 0 Å². The van der Waals surface area contributed by atoms with E-state index in [-0.39, 0.29) is 11.8 Å². The fraction of sp³-hybridized carbons (Fsp3) is 0.667. The number of hydrogen-bond acceptors (Lipinski definition) is 3. The maximum absolute atomic E-state index is 12.9. The number of carbonyl (C=O) groups excluding carboxylic acids is 1. The summed E-state index contributed by atoms with van der Waals surface area (Å²) in [6.45, 7) is 3.15. The maximum Gasteiger partial charge on any atom is 0.225 e. The summed E-state index contributed by atoms with van der Waals surface area (Å²) in [4.78, 5) is 15.0. The summed E-state index contributed by atoms with van der Waals surface area (Å²) in [7, 11) is -3.35. The summed E-state index contributed by atoms with van der Waals surface area (Å²) in [6, 6.07) is 8.62. The molecular formula is C21H31NO3S. The number of amides is 1. The highest BCUT2D eigenvalue weighted by Gasteiger charge is 2.38. The van der Waals surface area contributed by atoms with Gasteiger partial charge in [-0.3, -0.25) is 4.79 Å². The SMILES string of the molecule is CCCCC1CCC(C(=O)N2CCC(S(=O)(=O)c3ccccc3)C2)CC1. The van der Waals surface area contributed by atoms with Crippen LogP contribution in [0.25, 0.3) is 0 Å². The summed E-state index contributed by atoms with van der Waals surface area (Å²) in [5.74, 6) is 1.07. The van der Waals surface area contributed by atoms with Gasteiger partial charge < -0.3 is 4.90 Å². The Hall–Kier alpha value is -1.36. The molecule has 1 unspecified atom stereocenters. The molecular weight excluding hydrogens is 346 g/mol. The van der Waals surface area contributed by atoms with Crippen LogP contribution in [0, 0.1) is 11.8 Å². The van der Waals surface area contributed by atoms with Gasteiger partial charge in [-0.25, -0.2) is 8.42 Å². The number of carbonyl (C=O) groups is 1. The fourth-order valence-electron chi connectivity index (χ4n) is 4.43. The van der Waals surface area contributed by atoms with E-state index in [1.54, 1.807) is 24.3 Å². The Labute approximate surface area is 157 Å². The molecule has 2 fully saturated rings. The molecule has 1 aliphatic heterocycles. The zero-order valence-corrected chi connectivity index (χ0v) is 16.6. The number of unbranched alkanes of at least 4 members (excludes halogenated alkanes) is 1. The topological polar surface area (TPSA) is 54.5 Å². The lowest BCUT2D eigenvalue weighted by Gasteiger charge is -2.30. The molecule has 0 N–H and O–H groups in total. The van der Waals surface area contributed by atoms with Crippen molar-refractivity contribution >= 4 is 15.7 Å². The van der Waals surface area contributed by atoms with Crippen LogP contribution in [-0.4, -0.2) is 37.6 Å². The second-order valence-electron chi connectivity index (χ2n) is 7.91. The molecule has 0 bridgehead atoms. The molecule has 1 aromatic carbocycles. The van der Waals surface area contributed by atoms with Crippen molar-refractivity contribution in [2.75, 3.05) is 13.1 Å². The maximum atomic E-state index is 12.9. The largest absolute Gasteiger partial charge is 0.341 e. The van der Waals surface area contributed by atoms with Gasteiger partial charge in [-0.15, -0.1) is 0 Å². The molecule has 1 amide bonds. The van der Waals surface area contributed by atoms with Gasteiger partial charge in [-0.1, -0.05) is 44.4 Å². The van der Waals surface area contributed by atoms with Crippen molar-refractivity contribution in [3.8, 4) is 0 Å². The third-order valence-electron chi connectivity index (χ3n) is 6.13. The molecule has 0 radical (unpaired) electrons. The van der Waals surface area contributed by atoms with Crippen molar-refractivity contribution in [2.45, 2.75) is 68.4 Å². The van der Waals surface area contributed by atoms with Crippen molar-refractivity contribution in [1.29, 1.82) is 0 Å². The fourth-order valence-corrected chi connectivity index (χ4v) is 6.15. The number of rotatable bonds is 6. The highest BCUT2D eigenvalue weighted by molar-refractivity contribution is 7.92. The zero-order chi connectivity index (χ0) is 18.6. The molecule has 4 nitrogen and oxygen atoms in total. The molecule has 0 spiro atoms. The molecule has 1 heterocycles. The molecule has 2 aliphatic rings. The zero-order valence-electron chi connectivity index (χ0n) is 15.8. The molecule has 3 rings (SSSR count). The Morgan fingerprint density at radius 1 is 1.08 bits per heavy atom. The normalized spacial score (nSPS) is 26.8. The van der Waals surface area contributed by atoms with E-state index in [4.69, 9.17) is 0 Å². The van der Waals surface area contributed by atoms with Gasteiger partial charge in [-0.2, -0.15) is 0 Å². The van der Waals surface area contributed by atoms with Gasteiger partial charge in [0.25, 0.3) is 0 Å². The number of sulfone groups is 1. The molecule has 1 aromatic rings. The first-order chi connectivity index (χ1) is 12.5. The lowest BCUT2D eigenvalue weighted by molar-refractivity contribution is -0.135. The van der Waals surface area contributed by atoms with Crippen LogP contribution in [0.4, 0.5) is 0 Å². The first-order valence-electron chi connectivity index (χ1n) is 10.1. The van der Waals surface area contributed by atoms with Gasteiger partial charge in [0, 0.05) is 19.0 Å². The molecule has 1 aliphatic carbocycles. The molecule has 0 aromatic heterocycles. The molecule has 1 atom stereocenters. The molecule has 144 valence electrons. The first kappa shape index (κ1) is 19.4. The number of hydrogen-bond donors (Lipinski definition) is 0. The molecule has 1 saturated carbocycles. The van der Waals surface area contributed by atoms with Crippen molar-refractivity contribution in [3.63, 3.8) is 0 Å². The average molecular weight is 378 g/mol. The summed E-state index contributed by atoms with van der Waals surface area (Å²) < 4.78 is 25.6. The monoisotopic (exact) mass is 377 g/mol. The van der Waals surface area contributed by atoms with E-state index in [0.717, 1.165) is 31.6 Å². The molecule has 5 heteroatoms. The summed E-state index contributed by atoms with van der Waals surface area (Å²) >= 11 is 0. The second kappa shape index (κ2) is 8.55. The number of benzene rings is 1. The second-order valence-corrected chi connectivity index (χ2v) is 10.1. The lowest BCUT2D eigenvalue weighted by atomic mass is 9.79. The number of likely N-dealkylation sites (tertiary alicyclic amines) is 1. The van der Waals surface area contributed by atoms with Crippen LogP contribution < -0.4 is 0 Å². The van der Waals surface area contributed by atoms with Crippen LogP contribution in [0.2, 0.25) is 0 Å². The van der Waals surface area contributed by atoms with E-state index in [0.29, 0.717) is 24.4 Å². The Bertz CT molecular complexity index is 693. The Morgan fingerprint density at radius 2 is 1.77 bits per heavy atom. The van der Waals surface area contributed by atoms with Crippen LogP contribution in [0.1, 0.15) is 58.3 Å². The summed E-state index contributed by atoms with van der Waals surface area (Å²) in [5, 5.41) is -0.463. The standard InChI is InChI=1S/C21H31NO3S/c1-2-3-7-17-10-12-18(13-11-17)21(23)22-15-14-20(16-22)26(24,25)19-8-5-4-6-9-19/h4-6,8-9,17-18,20H,2-3,7,10-16H2,1H3. The van der Waals surface area contributed by atoms with E-state index in [1.165, 1.54) is 19.3 Å². The van der Waals surface area contributed by atoms with E-state index in [1.807, 2.05) is 11.0 Å². The van der Waals surface area contributed by atoms with Crippen molar-refractivity contribution in [2.24, 2.45) is 11.8 Å². The van der Waals surface area contributed by atoms with Crippen LogP contribution in [-0.2, 0) is 14.6 Å². The van der Waals surface area contributed by atoms with Crippen molar-refractivity contribution in [1.82, 2.24) is 4.90 Å². The van der Waals surface area contributed by atoms with Gasteiger partial charge in [-0.05, 0) is 50.2 Å². The highest BCUT2D eigenvalue weighted by Crippen LogP contribution is 2.34. The minimum atomic E-state index is -3.35. The number of nitrogens with zero attached hydrogens (tertiary/aromatic N) is 1. The third-order valence-corrected chi connectivity index (χ3v) is 8.32. The molecule has 26 heavy (non-hydrogen) atoms. The summed E-state index contributed by atoms with van der Waals surface area (Å²) in [6.07, 6.45) is 8.61. The van der Waals surface area contributed by atoms with E-state index >= 15 is 0 Å². The van der Waals surface area contributed by atoms with Gasteiger partial charge in [0.2, 0.25) is 5.91 Å². The summed E-state index contributed by atoms with van der Waals surface area (Å²) in [5.41, 5.74) is 0. The smallest absolute Gasteiger partial charge is 0.225 e. The quantitative estimate of drug-likeness (QED) is 0.751. The van der Waals surface area contributed by atoms with Gasteiger partial charge in [0.05, 0.1) is 10.1 Å². The van der Waals surface area contributed by atoms with E-state index in [2.05, 4.69) is 6.92 Å². The first-order valence-corrected chi connectivity index (χ1v) is 11.6. The Morgan fingerprint density at radius 3 is 2.42 bits per heavy atom. The minimum absolute atomic E-state index is 0.103. The van der Waals surface area contributed by atoms with Crippen molar-refractivity contribution < 1.29 is 13.2 Å².